The lowest BCUT2D eigenvalue weighted by atomic mass is 9.94. The van der Waals surface area contributed by atoms with E-state index in [0.29, 0.717) is 11.7 Å². The third kappa shape index (κ3) is 3.70. The van der Waals surface area contributed by atoms with E-state index >= 15 is 0 Å². The van der Waals surface area contributed by atoms with Crippen LogP contribution in [0, 0.1) is 5.82 Å². The van der Waals surface area contributed by atoms with Gasteiger partial charge in [-0.25, -0.2) is 17.8 Å². The van der Waals surface area contributed by atoms with E-state index in [1.54, 1.807) is 12.1 Å². The van der Waals surface area contributed by atoms with Crippen LogP contribution < -0.4 is 4.72 Å². The van der Waals surface area contributed by atoms with Crippen molar-refractivity contribution in [1.82, 2.24) is 14.5 Å². The van der Waals surface area contributed by atoms with Gasteiger partial charge in [-0.3, -0.25) is 9.62 Å². The van der Waals surface area contributed by atoms with Crippen LogP contribution in [-0.2, 0) is 23.1 Å². The average Bonchev–Trinajstić information content (AvgIpc) is 3.11. The maximum atomic E-state index is 13.1. The summed E-state index contributed by atoms with van der Waals surface area (Å²) < 4.78 is 43.1. The Morgan fingerprint density at radius 2 is 1.77 bits per heavy atom. The Morgan fingerprint density at radius 3 is 2.53 bits per heavy atom. The third-order valence-electron chi connectivity index (χ3n) is 6.25. The van der Waals surface area contributed by atoms with Gasteiger partial charge in [-0.05, 0) is 55.3 Å². The minimum atomic E-state index is -3.78. The molecule has 2 aromatic carbocycles. The molecular formula is C22H25FN4O2S. The zero-order valence-electron chi connectivity index (χ0n) is 16.7. The molecule has 2 heterocycles. The van der Waals surface area contributed by atoms with Crippen molar-refractivity contribution < 1.29 is 12.8 Å². The molecule has 6 nitrogen and oxygen atoms in total. The number of rotatable bonds is 4. The highest BCUT2D eigenvalue weighted by atomic mass is 32.2. The molecule has 1 fully saturated rings. The molecule has 1 aromatic heterocycles. The van der Waals surface area contributed by atoms with E-state index in [-0.39, 0.29) is 4.90 Å². The lowest BCUT2D eigenvalue weighted by molar-refractivity contribution is 0.122. The summed E-state index contributed by atoms with van der Waals surface area (Å²) in [5.41, 5.74) is 2.26. The Hall–Kier alpha value is -2.45. The van der Waals surface area contributed by atoms with Crippen molar-refractivity contribution in [3.8, 4) is 0 Å². The van der Waals surface area contributed by atoms with Gasteiger partial charge in [0.05, 0.1) is 28.2 Å². The van der Waals surface area contributed by atoms with Crippen molar-refractivity contribution in [3.05, 3.63) is 54.1 Å². The predicted molar refractivity (Wildman–Crippen MR) is 114 cm³/mol. The SMILES string of the molecule is O=S(=O)(Nc1ccc2c(c1)nc1n2CCN(C2CCCCC2)C1)c1ccc(F)cc1. The Balaban J connectivity index is 1.38. The molecule has 0 amide bonds. The molecule has 3 aromatic rings. The summed E-state index contributed by atoms with van der Waals surface area (Å²) in [6, 6.07) is 10.9. The second-order valence-electron chi connectivity index (χ2n) is 8.20. The second kappa shape index (κ2) is 7.67. The summed E-state index contributed by atoms with van der Waals surface area (Å²) in [5.74, 6) is 0.571. The largest absolute Gasteiger partial charge is 0.326 e. The Kier molecular flexibility index (Phi) is 4.99. The summed E-state index contributed by atoms with van der Waals surface area (Å²) in [6.07, 6.45) is 6.52. The van der Waals surface area contributed by atoms with E-state index < -0.39 is 15.8 Å². The number of benzene rings is 2. The Bertz CT molecular complexity index is 1170. The predicted octanol–water partition coefficient (Wildman–Crippen LogP) is 4.12. The van der Waals surface area contributed by atoms with Crippen LogP contribution in [-0.4, -0.2) is 35.5 Å². The lowest BCUT2D eigenvalue weighted by Gasteiger charge is -2.36. The highest BCUT2D eigenvalue weighted by molar-refractivity contribution is 7.92. The van der Waals surface area contributed by atoms with Gasteiger partial charge in [-0.15, -0.1) is 0 Å². The zero-order valence-corrected chi connectivity index (χ0v) is 17.5. The molecule has 0 radical (unpaired) electrons. The minimum Gasteiger partial charge on any atom is -0.326 e. The molecule has 0 spiro atoms. The number of aromatic nitrogens is 2. The maximum Gasteiger partial charge on any atom is 0.261 e. The first-order chi connectivity index (χ1) is 14.5. The molecule has 1 aliphatic carbocycles. The van der Waals surface area contributed by atoms with Crippen LogP contribution in [0.1, 0.15) is 37.9 Å². The van der Waals surface area contributed by atoms with Crippen LogP contribution in [0.3, 0.4) is 0 Å². The molecule has 0 bridgehead atoms. The highest BCUT2D eigenvalue weighted by Gasteiger charge is 2.27. The van der Waals surface area contributed by atoms with Gasteiger partial charge >= 0.3 is 0 Å². The summed E-state index contributed by atoms with van der Waals surface area (Å²) in [6.45, 7) is 2.78. The van der Waals surface area contributed by atoms with Gasteiger partial charge in [0, 0.05) is 19.1 Å². The van der Waals surface area contributed by atoms with Crippen molar-refractivity contribution in [1.29, 1.82) is 0 Å². The Labute approximate surface area is 175 Å². The number of hydrogen-bond donors (Lipinski definition) is 1. The number of nitrogens with zero attached hydrogens (tertiary/aromatic N) is 3. The molecule has 1 saturated carbocycles. The lowest BCUT2D eigenvalue weighted by Crippen LogP contribution is -2.42. The molecule has 1 N–H and O–H groups in total. The molecule has 30 heavy (non-hydrogen) atoms. The van der Waals surface area contributed by atoms with Crippen molar-refractivity contribution in [3.63, 3.8) is 0 Å². The van der Waals surface area contributed by atoms with E-state index in [1.165, 1.54) is 44.2 Å². The molecule has 0 saturated heterocycles. The topological polar surface area (TPSA) is 67.2 Å². The fourth-order valence-corrected chi connectivity index (χ4v) is 5.74. The fraction of sp³-hybridized carbons (Fsp3) is 0.409. The maximum absolute atomic E-state index is 13.1. The smallest absolute Gasteiger partial charge is 0.261 e. The number of nitrogens with one attached hydrogen (secondary N) is 1. The van der Waals surface area contributed by atoms with E-state index in [0.717, 1.165) is 48.6 Å². The standard InChI is InChI=1S/C22H25FN4O2S/c23-16-6-9-19(10-7-16)30(28,29)25-17-8-11-21-20(14-17)24-22-15-26(12-13-27(21)22)18-4-2-1-3-5-18/h6-11,14,18,25H,1-5,12-13,15H2. The number of sulfonamides is 1. The number of halogens is 1. The van der Waals surface area contributed by atoms with Gasteiger partial charge in [0.2, 0.25) is 0 Å². The van der Waals surface area contributed by atoms with Crippen LogP contribution in [0.15, 0.2) is 47.4 Å². The van der Waals surface area contributed by atoms with Gasteiger partial charge in [0.1, 0.15) is 11.6 Å². The highest BCUT2D eigenvalue weighted by Crippen LogP contribution is 2.29. The van der Waals surface area contributed by atoms with Crippen LogP contribution in [0.4, 0.5) is 10.1 Å². The molecule has 158 valence electrons. The third-order valence-corrected chi connectivity index (χ3v) is 7.65. The van der Waals surface area contributed by atoms with Gasteiger partial charge < -0.3 is 4.57 Å². The summed E-state index contributed by atoms with van der Waals surface area (Å²) in [4.78, 5) is 7.39. The molecule has 1 aliphatic heterocycles. The van der Waals surface area contributed by atoms with Gasteiger partial charge in [0.25, 0.3) is 10.0 Å². The first kappa shape index (κ1) is 19.5. The van der Waals surface area contributed by atoms with Gasteiger partial charge in [0.15, 0.2) is 0 Å². The van der Waals surface area contributed by atoms with E-state index in [4.69, 9.17) is 4.98 Å². The number of anilines is 1. The van der Waals surface area contributed by atoms with Gasteiger partial charge in [-0.2, -0.15) is 0 Å². The summed E-state index contributed by atoms with van der Waals surface area (Å²) >= 11 is 0. The zero-order chi connectivity index (χ0) is 20.7. The first-order valence-corrected chi connectivity index (χ1v) is 12.0. The fourth-order valence-electron chi connectivity index (χ4n) is 4.69. The second-order valence-corrected chi connectivity index (χ2v) is 9.89. The molecule has 8 heteroatoms. The Morgan fingerprint density at radius 1 is 1.00 bits per heavy atom. The molecule has 0 unspecified atom stereocenters. The van der Waals surface area contributed by atoms with E-state index in [9.17, 15) is 12.8 Å². The van der Waals surface area contributed by atoms with Gasteiger partial charge in [-0.1, -0.05) is 19.3 Å². The molecular weight excluding hydrogens is 403 g/mol. The number of imidazole rings is 1. The monoisotopic (exact) mass is 428 g/mol. The van der Waals surface area contributed by atoms with Crippen LogP contribution in [0.25, 0.3) is 11.0 Å². The quantitative estimate of drug-likeness (QED) is 0.679. The van der Waals surface area contributed by atoms with Crippen molar-refractivity contribution in [2.45, 2.75) is 56.1 Å². The number of fused-ring (bicyclic) bond motifs is 3. The molecule has 2 aliphatic rings. The normalized spacial score (nSPS) is 18.4. The van der Waals surface area contributed by atoms with E-state index in [2.05, 4.69) is 14.2 Å². The minimum absolute atomic E-state index is 0.0243. The van der Waals surface area contributed by atoms with Crippen LogP contribution in [0.2, 0.25) is 0 Å². The first-order valence-electron chi connectivity index (χ1n) is 10.5. The van der Waals surface area contributed by atoms with Crippen LogP contribution >= 0.6 is 0 Å². The van der Waals surface area contributed by atoms with Crippen molar-refractivity contribution in [2.75, 3.05) is 11.3 Å². The van der Waals surface area contributed by atoms with Crippen LogP contribution in [0.5, 0.6) is 0 Å². The van der Waals surface area contributed by atoms with Crippen molar-refractivity contribution >= 4 is 26.7 Å². The average molecular weight is 429 g/mol. The molecule has 0 atom stereocenters. The number of hydrogen-bond acceptors (Lipinski definition) is 4. The summed E-state index contributed by atoms with van der Waals surface area (Å²) in [5, 5.41) is 0. The van der Waals surface area contributed by atoms with Crippen molar-refractivity contribution in [2.24, 2.45) is 0 Å². The summed E-state index contributed by atoms with van der Waals surface area (Å²) in [7, 11) is -3.78. The van der Waals surface area contributed by atoms with E-state index in [1.807, 2.05) is 6.07 Å². The molecule has 5 rings (SSSR count).